The van der Waals surface area contributed by atoms with Gasteiger partial charge in [-0.15, -0.1) is 0 Å². The number of carbonyl (C=O) groups excluding carboxylic acids is 1. The molecule has 1 rings (SSSR count). The van der Waals surface area contributed by atoms with Crippen LogP contribution in [0.25, 0.3) is 0 Å². The van der Waals surface area contributed by atoms with Crippen molar-refractivity contribution in [1.29, 1.82) is 0 Å². The molecule has 16 heavy (non-hydrogen) atoms. The van der Waals surface area contributed by atoms with Crippen molar-refractivity contribution in [2.75, 3.05) is 7.11 Å². The lowest BCUT2D eigenvalue weighted by Crippen LogP contribution is -2.43. The van der Waals surface area contributed by atoms with Gasteiger partial charge >= 0.3 is 0 Å². The van der Waals surface area contributed by atoms with Crippen LogP contribution in [0, 0.1) is 5.92 Å². The Hall–Kier alpha value is -0.370. The van der Waals surface area contributed by atoms with Crippen LogP contribution in [0.3, 0.4) is 0 Å². The molecule has 0 unspecified atom stereocenters. The SMILES string of the molecule is CCC(CC)CC(=O)C1(OC)CCCCC1. The predicted octanol–water partition coefficient (Wildman–Crippen LogP) is 3.73. The lowest BCUT2D eigenvalue weighted by Gasteiger charge is -2.35. The van der Waals surface area contributed by atoms with E-state index in [-0.39, 0.29) is 0 Å². The molecule has 0 atom stereocenters. The van der Waals surface area contributed by atoms with Crippen molar-refractivity contribution in [3.05, 3.63) is 0 Å². The number of carbonyl (C=O) groups is 1. The molecule has 1 aliphatic carbocycles. The van der Waals surface area contributed by atoms with Gasteiger partial charge in [0.2, 0.25) is 0 Å². The Balaban J connectivity index is 2.61. The summed E-state index contributed by atoms with van der Waals surface area (Å²) in [6.07, 6.45) is 8.31. The summed E-state index contributed by atoms with van der Waals surface area (Å²) in [5.74, 6) is 0.893. The van der Waals surface area contributed by atoms with Gasteiger partial charge in [0.15, 0.2) is 5.78 Å². The molecular weight excluding hydrogens is 200 g/mol. The fourth-order valence-electron chi connectivity index (χ4n) is 2.75. The van der Waals surface area contributed by atoms with Gasteiger partial charge in [-0.05, 0) is 18.8 Å². The first-order chi connectivity index (χ1) is 7.68. The number of ketones is 1. The number of rotatable bonds is 6. The highest BCUT2D eigenvalue weighted by molar-refractivity contribution is 5.87. The number of hydrogen-bond donors (Lipinski definition) is 0. The Bertz CT molecular complexity index is 213. The minimum atomic E-state index is -0.430. The van der Waals surface area contributed by atoms with E-state index in [2.05, 4.69) is 13.8 Å². The molecule has 1 fully saturated rings. The number of Topliss-reactive ketones (excluding diaryl/α,β-unsaturated/α-hetero) is 1. The van der Waals surface area contributed by atoms with Crippen LogP contribution in [0.4, 0.5) is 0 Å². The van der Waals surface area contributed by atoms with Gasteiger partial charge < -0.3 is 4.74 Å². The second-order valence-corrected chi connectivity index (χ2v) is 5.07. The molecule has 0 spiro atoms. The van der Waals surface area contributed by atoms with Gasteiger partial charge in [-0.1, -0.05) is 46.0 Å². The van der Waals surface area contributed by atoms with Crippen LogP contribution in [0.15, 0.2) is 0 Å². The zero-order valence-corrected chi connectivity index (χ0v) is 11.1. The van der Waals surface area contributed by atoms with Crippen LogP contribution in [0.2, 0.25) is 0 Å². The number of methoxy groups -OCH3 is 1. The first-order valence-electron chi connectivity index (χ1n) is 6.77. The summed E-state index contributed by atoms with van der Waals surface area (Å²) >= 11 is 0. The molecule has 0 saturated heterocycles. The van der Waals surface area contributed by atoms with Gasteiger partial charge in [-0.3, -0.25) is 4.79 Å². The van der Waals surface area contributed by atoms with Crippen LogP contribution in [0.5, 0.6) is 0 Å². The molecule has 0 heterocycles. The van der Waals surface area contributed by atoms with Crippen molar-refractivity contribution >= 4 is 5.78 Å². The zero-order chi connectivity index (χ0) is 12.0. The monoisotopic (exact) mass is 226 g/mol. The fraction of sp³-hybridized carbons (Fsp3) is 0.929. The smallest absolute Gasteiger partial charge is 0.164 e. The average molecular weight is 226 g/mol. The van der Waals surface area contributed by atoms with E-state index in [0.29, 0.717) is 18.1 Å². The highest BCUT2D eigenvalue weighted by atomic mass is 16.5. The van der Waals surface area contributed by atoms with Crippen LogP contribution in [-0.2, 0) is 9.53 Å². The summed E-state index contributed by atoms with van der Waals surface area (Å²) in [6, 6.07) is 0. The standard InChI is InChI=1S/C14H26O2/c1-4-12(5-2)11-13(15)14(16-3)9-7-6-8-10-14/h12H,4-11H2,1-3H3. The minimum Gasteiger partial charge on any atom is -0.370 e. The molecule has 2 heteroatoms. The summed E-state index contributed by atoms with van der Waals surface area (Å²) in [5.41, 5.74) is -0.430. The normalized spacial score (nSPS) is 20.0. The highest BCUT2D eigenvalue weighted by Gasteiger charge is 2.39. The van der Waals surface area contributed by atoms with Crippen molar-refractivity contribution < 1.29 is 9.53 Å². The van der Waals surface area contributed by atoms with E-state index in [1.54, 1.807) is 7.11 Å². The second kappa shape index (κ2) is 6.39. The van der Waals surface area contributed by atoms with Gasteiger partial charge in [0.05, 0.1) is 0 Å². The third kappa shape index (κ3) is 3.07. The number of ether oxygens (including phenoxy) is 1. The zero-order valence-electron chi connectivity index (χ0n) is 11.1. The largest absolute Gasteiger partial charge is 0.370 e. The molecule has 1 saturated carbocycles. The van der Waals surface area contributed by atoms with Crippen LogP contribution < -0.4 is 0 Å². The summed E-state index contributed by atoms with van der Waals surface area (Å²) in [6.45, 7) is 4.34. The molecule has 94 valence electrons. The molecule has 0 bridgehead atoms. The summed E-state index contributed by atoms with van der Waals surface area (Å²) < 4.78 is 5.58. The van der Waals surface area contributed by atoms with Crippen molar-refractivity contribution in [1.82, 2.24) is 0 Å². The van der Waals surface area contributed by atoms with E-state index in [0.717, 1.165) is 38.5 Å². The van der Waals surface area contributed by atoms with Crippen molar-refractivity contribution in [3.63, 3.8) is 0 Å². The van der Waals surface area contributed by atoms with E-state index in [1.165, 1.54) is 6.42 Å². The molecule has 0 aliphatic heterocycles. The summed E-state index contributed by atoms with van der Waals surface area (Å²) in [7, 11) is 1.70. The molecule has 0 aromatic carbocycles. The third-order valence-corrected chi connectivity index (χ3v) is 4.19. The van der Waals surface area contributed by atoms with Gasteiger partial charge in [-0.25, -0.2) is 0 Å². The lowest BCUT2D eigenvalue weighted by molar-refractivity contribution is -0.146. The van der Waals surface area contributed by atoms with Gasteiger partial charge in [-0.2, -0.15) is 0 Å². The van der Waals surface area contributed by atoms with Crippen molar-refractivity contribution in [2.45, 2.75) is 70.8 Å². The molecule has 0 aromatic rings. The van der Waals surface area contributed by atoms with Gasteiger partial charge in [0.25, 0.3) is 0 Å². The Kier molecular flexibility index (Phi) is 5.47. The maximum absolute atomic E-state index is 12.4. The lowest BCUT2D eigenvalue weighted by atomic mass is 9.78. The van der Waals surface area contributed by atoms with Crippen LogP contribution in [-0.4, -0.2) is 18.5 Å². The molecule has 0 radical (unpaired) electrons. The van der Waals surface area contributed by atoms with Crippen molar-refractivity contribution in [2.24, 2.45) is 5.92 Å². The van der Waals surface area contributed by atoms with E-state index in [9.17, 15) is 4.79 Å². The predicted molar refractivity (Wildman–Crippen MR) is 66.5 cm³/mol. The molecule has 1 aliphatic rings. The quantitative estimate of drug-likeness (QED) is 0.689. The average Bonchev–Trinajstić information content (AvgIpc) is 2.36. The first-order valence-corrected chi connectivity index (χ1v) is 6.77. The van der Waals surface area contributed by atoms with Crippen LogP contribution in [0.1, 0.15) is 65.2 Å². The van der Waals surface area contributed by atoms with E-state index >= 15 is 0 Å². The topological polar surface area (TPSA) is 26.3 Å². The fourth-order valence-corrected chi connectivity index (χ4v) is 2.75. The van der Waals surface area contributed by atoms with E-state index < -0.39 is 5.60 Å². The molecule has 2 nitrogen and oxygen atoms in total. The van der Waals surface area contributed by atoms with Crippen molar-refractivity contribution in [3.8, 4) is 0 Å². The third-order valence-electron chi connectivity index (χ3n) is 4.19. The summed E-state index contributed by atoms with van der Waals surface area (Å²) in [5, 5.41) is 0. The Morgan fingerprint density at radius 3 is 2.19 bits per heavy atom. The first kappa shape index (κ1) is 13.7. The maximum atomic E-state index is 12.4. The van der Waals surface area contributed by atoms with Crippen LogP contribution >= 0.6 is 0 Å². The van der Waals surface area contributed by atoms with Gasteiger partial charge in [0, 0.05) is 13.5 Å². The second-order valence-electron chi connectivity index (χ2n) is 5.07. The maximum Gasteiger partial charge on any atom is 0.164 e. The van der Waals surface area contributed by atoms with E-state index in [4.69, 9.17) is 4.74 Å². The number of hydrogen-bond acceptors (Lipinski definition) is 2. The molecule has 0 aromatic heterocycles. The highest BCUT2D eigenvalue weighted by Crippen LogP contribution is 2.34. The minimum absolute atomic E-state index is 0.350. The van der Waals surface area contributed by atoms with E-state index in [1.807, 2.05) is 0 Å². The Morgan fingerprint density at radius 2 is 1.75 bits per heavy atom. The molecular formula is C14H26O2. The Labute approximate surface area is 99.8 Å². The molecule has 0 amide bonds. The molecule has 0 N–H and O–H groups in total. The van der Waals surface area contributed by atoms with Gasteiger partial charge in [0.1, 0.15) is 5.60 Å². The Morgan fingerprint density at radius 1 is 1.19 bits per heavy atom. The summed E-state index contributed by atoms with van der Waals surface area (Å²) in [4.78, 5) is 12.4.